The van der Waals surface area contributed by atoms with Gasteiger partial charge in [0.2, 0.25) is 12.3 Å². The van der Waals surface area contributed by atoms with Crippen molar-refractivity contribution in [3.63, 3.8) is 0 Å². The number of nitrogens with zero attached hydrogens (tertiary/aromatic N) is 2. The van der Waals surface area contributed by atoms with Gasteiger partial charge in [0.25, 0.3) is 0 Å². The van der Waals surface area contributed by atoms with E-state index < -0.39 is 5.41 Å². The number of carbonyl (C=O) groups excluding carboxylic acids is 2. The summed E-state index contributed by atoms with van der Waals surface area (Å²) in [6.07, 6.45) is 2.75. The number of benzene rings is 1. The molecule has 1 N–H and O–H groups in total. The number of amides is 2. The van der Waals surface area contributed by atoms with Crippen molar-refractivity contribution >= 4 is 23.2 Å². The number of hydrogen-bond donors (Lipinski definition) is 1. The van der Waals surface area contributed by atoms with Gasteiger partial charge in [0.1, 0.15) is 5.75 Å². The van der Waals surface area contributed by atoms with E-state index in [1.54, 1.807) is 12.0 Å². The van der Waals surface area contributed by atoms with E-state index in [1.807, 2.05) is 43.1 Å². The van der Waals surface area contributed by atoms with Gasteiger partial charge in [0.05, 0.1) is 12.5 Å². The molecule has 6 nitrogen and oxygen atoms in total. The largest absolute Gasteiger partial charge is 0.497 e. The molecule has 2 heterocycles. The average Bonchev–Trinajstić information content (AvgIpc) is 3.04. The molecule has 2 amide bonds. The molecule has 0 atom stereocenters. The lowest BCUT2D eigenvalue weighted by Crippen LogP contribution is -2.52. The Morgan fingerprint density at radius 1 is 1.25 bits per heavy atom. The standard InChI is InChI=1S/C18H23N3O3/c1-18(2,17(23)21-8-6-20(12-22)7-9-21)15-11-19-16-5-4-13(24-3)10-14(15)16/h4-5,10-12,19H,6-9H2,1-3H3. The molecular weight excluding hydrogens is 306 g/mol. The zero-order valence-electron chi connectivity index (χ0n) is 14.3. The summed E-state index contributed by atoms with van der Waals surface area (Å²) in [6.45, 7) is 6.23. The number of fused-ring (bicyclic) bond motifs is 1. The van der Waals surface area contributed by atoms with Gasteiger partial charge in [-0.15, -0.1) is 0 Å². The number of methoxy groups -OCH3 is 1. The molecule has 128 valence electrons. The van der Waals surface area contributed by atoms with Crippen molar-refractivity contribution in [3.05, 3.63) is 30.0 Å². The van der Waals surface area contributed by atoms with Crippen molar-refractivity contribution in [2.45, 2.75) is 19.3 Å². The number of ether oxygens (including phenoxy) is 1. The van der Waals surface area contributed by atoms with E-state index in [2.05, 4.69) is 4.98 Å². The molecule has 1 aromatic carbocycles. The molecular formula is C18H23N3O3. The van der Waals surface area contributed by atoms with Crippen LogP contribution in [0.4, 0.5) is 0 Å². The molecule has 0 unspecified atom stereocenters. The SMILES string of the molecule is COc1ccc2[nH]cc(C(C)(C)C(=O)N3CCN(C=O)CC3)c2c1. The third-order valence-electron chi connectivity index (χ3n) is 4.85. The smallest absolute Gasteiger partial charge is 0.232 e. The van der Waals surface area contributed by atoms with Crippen LogP contribution < -0.4 is 4.74 Å². The molecule has 24 heavy (non-hydrogen) atoms. The molecule has 1 aromatic heterocycles. The molecule has 6 heteroatoms. The third-order valence-corrected chi connectivity index (χ3v) is 4.85. The lowest BCUT2D eigenvalue weighted by molar-refractivity contribution is -0.139. The Hall–Kier alpha value is -2.50. The van der Waals surface area contributed by atoms with Crippen LogP contribution >= 0.6 is 0 Å². The van der Waals surface area contributed by atoms with Gasteiger partial charge in [-0.3, -0.25) is 9.59 Å². The Bertz CT molecular complexity index is 758. The van der Waals surface area contributed by atoms with Crippen molar-refractivity contribution in [1.82, 2.24) is 14.8 Å². The van der Waals surface area contributed by atoms with E-state index in [0.29, 0.717) is 26.2 Å². The second-order valence-corrected chi connectivity index (χ2v) is 6.67. The summed E-state index contributed by atoms with van der Waals surface area (Å²) in [5, 5.41) is 0.999. The minimum atomic E-state index is -0.659. The van der Waals surface area contributed by atoms with Crippen molar-refractivity contribution < 1.29 is 14.3 Å². The maximum absolute atomic E-state index is 13.1. The van der Waals surface area contributed by atoms with E-state index in [9.17, 15) is 9.59 Å². The number of piperazine rings is 1. The average molecular weight is 329 g/mol. The number of hydrogen-bond acceptors (Lipinski definition) is 3. The van der Waals surface area contributed by atoms with E-state index in [-0.39, 0.29) is 5.91 Å². The zero-order chi connectivity index (χ0) is 17.3. The Morgan fingerprint density at radius 2 is 1.96 bits per heavy atom. The van der Waals surface area contributed by atoms with Gasteiger partial charge in [-0.1, -0.05) is 0 Å². The normalized spacial score (nSPS) is 15.6. The summed E-state index contributed by atoms with van der Waals surface area (Å²) in [5.41, 5.74) is 1.28. The van der Waals surface area contributed by atoms with Crippen LogP contribution in [0.2, 0.25) is 0 Å². The number of H-pyrrole nitrogens is 1. The maximum atomic E-state index is 13.1. The first-order valence-electron chi connectivity index (χ1n) is 8.11. The van der Waals surface area contributed by atoms with Crippen molar-refractivity contribution in [2.75, 3.05) is 33.3 Å². The van der Waals surface area contributed by atoms with Crippen LogP contribution in [0.15, 0.2) is 24.4 Å². The quantitative estimate of drug-likeness (QED) is 0.869. The van der Waals surface area contributed by atoms with Gasteiger partial charge in [0.15, 0.2) is 0 Å². The molecule has 0 spiro atoms. The molecule has 3 rings (SSSR count). The number of aromatic amines is 1. The van der Waals surface area contributed by atoms with Gasteiger partial charge in [-0.2, -0.15) is 0 Å². The Labute approximate surface area is 141 Å². The van der Waals surface area contributed by atoms with Crippen LogP contribution in [-0.2, 0) is 15.0 Å². The van der Waals surface area contributed by atoms with Gasteiger partial charge >= 0.3 is 0 Å². The summed E-state index contributed by atoms with van der Waals surface area (Å²) >= 11 is 0. The summed E-state index contributed by atoms with van der Waals surface area (Å²) < 4.78 is 5.31. The van der Waals surface area contributed by atoms with Gasteiger partial charge in [0, 0.05) is 43.3 Å². The fourth-order valence-electron chi connectivity index (χ4n) is 3.28. The molecule has 2 aromatic rings. The van der Waals surface area contributed by atoms with E-state index >= 15 is 0 Å². The van der Waals surface area contributed by atoms with Crippen LogP contribution in [0.1, 0.15) is 19.4 Å². The minimum absolute atomic E-state index is 0.0803. The number of carbonyl (C=O) groups is 2. The maximum Gasteiger partial charge on any atom is 0.232 e. The van der Waals surface area contributed by atoms with Crippen molar-refractivity contribution in [3.8, 4) is 5.75 Å². The molecule has 1 fully saturated rings. The zero-order valence-corrected chi connectivity index (χ0v) is 14.3. The van der Waals surface area contributed by atoms with Crippen LogP contribution in [0.5, 0.6) is 5.75 Å². The predicted molar refractivity (Wildman–Crippen MR) is 92.1 cm³/mol. The lowest BCUT2D eigenvalue weighted by Gasteiger charge is -2.37. The fourth-order valence-corrected chi connectivity index (χ4v) is 3.28. The summed E-state index contributed by atoms with van der Waals surface area (Å²) in [6, 6.07) is 5.82. The summed E-state index contributed by atoms with van der Waals surface area (Å²) in [5.74, 6) is 0.850. The summed E-state index contributed by atoms with van der Waals surface area (Å²) in [4.78, 5) is 30.7. The highest BCUT2D eigenvalue weighted by molar-refractivity contribution is 5.95. The van der Waals surface area contributed by atoms with E-state index in [4.69, 9.17) is 4.74 Å². The molecule has 0 radical (unpaired) electrons. The Morgan fingerprint density at radius 3 is 2.58 bits per heavy atom. The van der Waals surface area contributed by atoms with Crippen LogP contribution in [-0.4, -0.2) is 60.4 Å². The first kappa shape index (κ1) is 16.4. The van der Waals surface area contributed by atoms with Gasteiger partial charge in [-0.25, -0.2) is 0 Å². The molecule has 0 bridgehead atoms. The number of aromatic nitrogens is 1. The van der Waals surface area contributed by atoms with Crippen molar-refractivity contribution in [1.29, 1.82) is 0 Å². The summed E-state index contributed by atoms with van der Waals surface area (Å²) in [7, 11) is 1.64. The second-order valence-electron chi connectivity index (χ2n) is 6.67. The highest BCUT2D eigenvalue weighted by Gasteiger charge is 2.36. The molecule has 1 saturated heterocycles. The van der Waals surface area contributed by atoms with E-state index in [1.165, 1.54) is 0 Å². The molecule has 1 aliphatic rings. The highest BCUT2D eigenvalue weighted by atomic mass is 16.5. The first-order valence-corrected chi connectivity index (χ1v) is 8.11. The lowest BCUT2D eigenvalue weighted by atomic mass is 9.82. The number of nitrogens with one attached hydrogen (secondary N) is 1. The predicted octanol–water partition coefficient (Wildman–Crippen LogP) is 1.75. The topological polar surface area (TPSA) is 65.6 Å². The highest BCUT2D eigenvalue weighted by Crippen LogP contribution is 2.34. The second kappa shape index (κ2) is 6.19. The number of rotatable bonds is 4. The van der Waals surface area contributed by atoms with Crippen LogP contribution in [0, 0.1) is 0 Å². The van der Waals surface area contributed by atoms with E-state index in [0.717, 1.165) is 28.6 Å². The monoisotopic (exact) mass is 329 g/mol. The van der Waals surface area contributed by atoms with Gasteiger partial charge in [-0.05, 0) is 37.6 Å². The van der Waals surface area contributed by atoms with Gasteiger partial charge < -0.3 is 19.5 Å². The molecule has 0 saturated carbocycles. The first-order chi connectivity index (χ1) is 11.5. The van der Waals surface area contributed by atoms with Crippen molar-refractivity contribution in [2.24, 2.45) is 0 Å². The molecule has 1 aliphatic heterocycles. The third kappa shape index (κ3) is 2.72. The van der Waals surface area contributed by atoms with Crippen LogP contribution in [0.3, 0.4) is 0 Å². The molecule has 0 aliphatic carbocycles. The minimum Gasteiger partial charge on any atom is -0.497 e. The van der Waals surface area contributed by atoms with Crippen LogP contribution in [0.25, 0.3) is 10.9 Å². The fraction of sp³-hybridized carbons (Fsp3) is 0.444. The Kier molecular flexibility index (Phi) is 4.22. The Balaban J connectivity index is 1.89.